The Labute approximate surface area is 114 Å². The molecular weight excluding hydrogens is 242 g/mol. The first-order valence-corrected chi connectivity index (χ1v) is 7.46. The standard InChI is InChI=1S/C14H23N3O2/c1-11-16-13(17-19-11)14(7-3-4-8-14)15-10-12-6-2-5-9-18-12/h12,15H,2-10H2,1H3. The van der Waals surface area contributed by atoms with Gasteiger partial charge in [-0.1, -0.05) is 18.0 Å². The first-order chi connectivity index (χ1) is 9.28. The predicted molar refractivity (Wildman–Crippen MR) is 70.8 cm³/mol. The summed E-state index contributed by atoms with van der Waals surface area (Å²) in [4.78, 5) is 4.45. The molecule has 3 rings (SSSR count). The van der Waals surface area contributed by atoms with Gasteiger partial charge in [0.1, 0.15) is 0 Å². The number of nitrogens with one attached hydrogen (secondary N) is 1. The molecule has 1 aromatic rings. The van der Waals surface area contributed by atoms with Gasteiger partial charge < -0.3 is 14.6 Å². The number of aryl methyl sites for hydroxylation is 1. The topological polar surface area (TPSA) is 60.2 Å². The van der Waals surface area contributed by atoms with Crippen LogP contribution in [0.2, 0.25) is 0 Å². The van der Waals surface area contributed by atoms with Crippen molar-refractivity contribution in [3.05, 3.63) is 11.7 Å². The number of ether oxygens (including phenoxy) is 1. The minimum atomic E-state index is -0.0848. The summed E-state index contributed by atoms with van der Waals surface area (Å²) in [5.41, 5.74) is -0.0848. The molecule has 1 N–H and O–H groups in total. The normalized spacial score (nSPS) is 26.7. The van der Waals surface area contributed by atoms with Crippen molar-refractivity contribution in [1.29, 1.82) is 0 Å². The zero-order chi connectivity index (χ0) is 13.1. The smallest absolute Gasteiger partial charge is 0.223 e. The monoisotopic (exact) mass is 265 g/mol. The highest BCUT2D eigenvalue weighted by molar-refractivity contribution is 5.08. The zero-order valence-electron chi connectivity index (χ0n) is 11.7. The summed E-state index contributed by atoms with van der Waals surface area (Å²) in [7, 11) is 0. The van der Waals surface area contributed by atoms with Crippen LogP contribution in [-0.4, -0.2) is 29.4 Å². The van der Waals surface area contributed by atoms with Crippen LogP contribution in [0.25, 0.3) is 0 Å². The Morgan fingerprint density at radius 1 is 1.26 bits per heavy atom. The number of hydrogen-bond donors (Lipinski definition) is 1. The number of hydrogen-bond acceptors (Lipinski definition) is 5. The molecule has 0 amide bonds. The number of nitrogens with zero attached hydrogens (tertiary/aromatic N) is 2. The summed E-state index contributed by atoms with van der Waals surface area (Å²) in [5, 5.41) is 7.83. The summed E-state index contributed by atoms with van der Waals surface area (Å²) in [6.07, 6.45) is 8.63. The third-order valence-electron chi connectivity index (χ3n) is 4.35. The molecule has 0 radical (unpaired) electrons. The number of rotatable bonds is 4. The van der Waals surface area contributed by atoms with Crippen molar-refractivity contribution in [3.8, 4) is 0 Å². The maximum atomic E-state index is 5.80. The van der Waals surface area contributed by atoms with Crippen LogP contribution in [0.1, 0.15) is 56.7 Å². The highest BCUT2D eigenvalue weighted by Gasteiger charge is 2.39. The summed E-state index contributed by atoms with van der Waals surface area (Å²) in [6, 6.07) is 0. The van der Waals surface area contributed by atoms with E-state index in [9.17, 15) is 0 Å². The lowest BCUT2D eigenvalue weighted by Gasteiger charge is -2.31. The summed E-state index contributed by atoms with van der Waals surface area (Å²) >= 11 is 0. The van der Waals surface area contributed by atoms with Crippen molar-refractivity contribution >= 4 is 0 Å². The maximum Gasteiger partial charge on any atom is 0.223 e. The van der Waals surface area contributed by atoms with E-state index in [0.717, 1.165) is 38.2 Å². The third kappa shape index (κ3) is 2.82. The van der Waals surface area contributed by atoms with Crippen LogP contribution in [0.15, 0.2) is 4.52 Å². The Morgan fingerprint density at radius 3 is 2.74 bits per heavy atom. The van der Waals surface area contributed by atoms with Crippen molar-refractivity contribution in [2.75, 3.05) is 13.2 Å². The van der Waals surface area contributed by atoms with E-state index in [2.05, 4.69) is 15.5 Å². The van der Waals surface area contributed by atoms with Crippen LogP contribution < -0.4 is 5.32 Å². The van der Waals surface area contributed by atoms with E-state index in [0.29, 0.717) is 12.0 Å². The summed E-state index contributed by atoms with van der Waals surface area (Å²) in [5.74, 6) is 1.48. The molecule has 2 fully saturated rings. The fraction of sp³-hybridized carbons (Fsp3) is 0.857. The van der Waals surface area contributed by atoms with Crippen molar-refractivity contribution in [1.82, 2.24) is 15.5 Å². The minimum absolute atomic E-state index is 0.0848. The predicted octanol–water partition coefficient (Wildman–Crippen LogP) is 2.31. The second kappa shape index (κ2) is 5.59. The van der Waals surface area contributed by atoms with E-state index in [1.807, 2.05) is 6.92 Å². The summed E-state index contributed by atoms with van der Waals surface area (Å²) < 4.78 is 11.0. The largest absolute Gasteiger partial charge is 0.377 e. The van der Waals surface area contributed by atoms with E-state index in [-0.39, 0.29) is 5.54 Å². The van der Waals surface area contributed by atoms with Crippen molar-refractivity contribution in [3.63, 3.8) is 0 Å². The second-order valence-corrected chi connectivity index (χ2v) is 5.80. The van der Waals surface area contributed by atoms with E-state index >= 15 is 0 Å². The molecule has 106 valence electrons. The van der Waals surface area contributed by atoms with Crippen LogP contribution in [0.5, 0.6) is 0 Å². The van der Waals surface area contributed by atoms with Crippen molar-refractivity contribution in [2.45, 2.75) is 63.5 Å². The van der Waals surface area contributed by atoms with Gasteiger partial charge in [-0.2, -0.15) is 4.98 Å². The fourth-order valence-corrected chi connectivity index (χ4v) is 3.23. The Hall–Kier alpha value is -0.940. The molecule has 1 saturated heterocycles. The van der Waals surface area contributed by atoms with Crippen LogP contribution in [0, 0.1) is 6.92 Å². The zero-order valence-corrected chi connectivity index (χ0v) is 11.7. The Morgan fingerprint density at radius 2 is 2.11 bits per heavy atom. The van der Waals surface area contributed by atoms with Gasteiger partial charge in [0.25, 0.3) is 0 Å². The van der Waals surface area contributed by atoms with Crippen LogP contribution in [0.3, 0.4) is 0 Å². The van der Waals surface area contributed by atoms with E-state index in [1.54, 1.807) is 0 Å². The Bertz CT molecular complexity index is 407. The van der Waals surface area contributed by atoms with Crippen LogP contribution in [0.4, 0.5) is 0 Å². The Balaban J connectivity index is 1.66. The van der Waals surface area contributed by atoms with Gasteiger partial charge in [0.05, 0.1) is 11.6 Å². The van der Waals surface area contributed by atoms with Gasteiger partial charge in [0, 0.05) is 20.1 Å². The van der Waals surface area contributed by atoms with E-state index in [1.165, 1.54) is 25.7 Å². The Kier molecular flexibility index (Phi) is 3.84. The molecule has 5 heteroatoms. The SMILES string of the molecule is Cc1nc(C2(NCC3CCCCO3)CCCC2)no1. The molecule has 0 bridgehead atoms. The average molecular weight is 265 g/mol. The van der Waals surface area contributed by atoms with Crippen LogP contribution in [-0.2, 0) is 10.3 Å². The molecule has 1 saturated carbocycles. The minimum Gasteiger partial charge on any atom is -0.377 e. The molecule has 1 aliphatic heterocycles. The average Bonchev–Trinajstić information content (AvgIpc) is 3.07. The summed E-state index contributed by atoms with van der Waals surface area (Å²) in [6.45, 7) is 3.65. The highest BCUT2D eigenvalue weighted by Crippen LogP contribution is 2.37. The lowest BCUT2D eigenvalue weighted by Crippen LogP contribution is -2.45. The number of aromatic nitrogens is 2. The van der Waals surface area contributed by atoms with Gasteiger partial charge >= 0.3 is 0 Å². The molecule has 1 aromatic heterocycles. The maximum absolute atomic E-state index is 5.80. The molecule has 2 heterocycles. The van der Waals surface area contributed by atoms with Crippen molar-refractivity contribution < 1.29 is 9.26 Å². The first kappa shape index (κ1) is 13.1. The molecular formula is C14H23N3O2. The molecule has 0 aromatic carbocycles. The lowest BCUT2D eigenvalue weighted by atomic mass is 9.95. The van der Waals surface area contributed by atoms with Gasteiger partial charge in [-0.05, 0) is 32.1 Å². The van der Waals surface area contributed by atoms with Gasteiger partial charge in [-0.25, -0.2) is 0 Å². The molecule has 2 aliphatic rings. The second-order valence-electron chi connectivity index (χ2n) is 5.80. The molecule has 1 aliphatic carbocycles. The quantitative estimate of drug-likeness (QED) is 0.905. The molecule has 1 unspecified atom stereocenters. The molecule has 0 spiro atoms. The van der Waals surface area contributed by atoms with Crippen molar-refractivity contribution in [2.24, 2.45) is 0 Å². The van der Waals surface area contributed by atoms with E-state index < -0.39 is 0 Å². The van der Waals surface area contributed by atoms with Gasteiger partial charge in [-0.3, -0.25) is 0 Å². The van der Waals surface area contributed by atoms with Crippen LogP contribution >= 0.6 is 0 Å². The first-order valence-electron chi connectivity index (χ1n) is 7.46. The van der Waals surface area contributed by atoms with Gasteiger partial charge in [0.2, 0.25) is 5.89 Å². The molecule has 5 nitrogen and oxygen atoms in total. The molecule has 19 heavy (non-hydrogen) atoms. The molecule has 1 atom stereocenters. The highest BCUT2D eigenvalue weighted by atomic mass is 16.5. The lowest BCUT2D eigenvalue weighted by molar-refractivity contribution is 0.0113. The third-order valence-corrected chi connectivity index (χ3v) is 4.35. The van der Waals surface area contributed by atoms with Gasteiger partial charge in [-0.15, -0.1) is 0 Å². The fourth-order valence-electron chi connectivity index (χ4n) is 3.23. The van der Waals surface area contributed by atoms with E-state index in [4.69, 9.17) is 9.26 Å². The van der Waals surface area contributed by atoms with Gasteiger partial charge in [0.15, 0.2) is 5.82 Å².